The van der Waals surface area contributed by atoms with Crippen molar-refractivity contribution in [2.75, 3.05) is 38.3 Å². The summed E-state index contributed by atoms with van der Waals surface area (Å²) in [7, 11) is -0.210. The lowest BCUT2D eigenvalue weighted by molar-refractivity contribution is -0.143. The van der Waals surface area contributed by atoms with E-state index < -0.39 is 27.2 Å². The fourth-order valence-electron chi connectivity index (χ4n) is 3.71. The smallest absolute Gasteiger partial charge is 0.313 e. The van der Waals surface area contributed by atoms with Gasteiger partial charge in [-0.25, -0.2) is 8.93 Å². The van der Waals surface area contributed by atoms with Crippen LogP contribution in [0.1, 0.15) is 44.7 Å². The van der Waals surface area contributed by atoms with Crippen LogP contribution in [0.5, 0.6) is 0 Å². The number of thiophene rings is 1. The van der Waals surface area contributed by atoms with E-state index in [4.69, 9.17) is 9.47 Å². The number of anilines is 1. The number of carbonyl (C=O) groups is 2. The van der Waals surface area contributed by atoms with Crippen molar-refractivity contribution in [1.29, 1.82) is 0 Å². The molecule has 0 spiro atoms. The summed E-state index contributed by atoms with van der Waals surface area (Å²) < 4.78 is 26.2. The van der Waals surface area contributed by atoms with Crippen LogP contribution in [0.25, 0.3) is 0 Å². The molecular formula is C24H32N2O5S2. The van der Waals surface area contributed by atoms with Gasteiger partial charge in [0, 0.05) is 25.2 Å². The van der Waals surface area contributed by atoms with Gasteiger partial charge in [-0.05, 0) is 60.9 Å². The highest BCUT2D eigenvalue weighted by molar-refractivity contribution is 7.84. The van der Waals surface area contributed by atoms with E-state index in [0.29, 0.717) is 13.2 Å². The SMILES string of the molecule is COC(=O)CC(=O)C[C@](N[S@@](=O)C(C)(C)C)(c1ccc(N2CCOCC2)cc1)c1ccsc1. The van der Waals surface area contributed by atoms with Crippen LogP contribution in [0, 0.1) is 0 Å². The second kappa shape index (κ2) is 10.9. The molecule has 2 aromatic rings. The Balaban J connectivity index is 2.04. The highest BCUT2D eigenvalue weighted by Crippen LogP contribution is 2.37. The van der Waals surface area contributed by atoms with Crippen molar-refractivity contribution in [3.63, 3.8) is 0 Å². The molecule has 0 saturated carbocycles. The first-order valence-corrected chi connectivity index (χ1v) is 13.0. The van der Waals surface area contributed by atoms with Crippen molar-refractivity contribution < 1.29 is 23.3 Å². The van der Waals surface area contributed by atoms with Gasteiger partial charge in [-0.15, -0.1) is 0 Å². The Morgan fingerprint density at radius 2 is 1.79 bits per heavy atom. The number of hydrogen-bond donors (Lipinski definition) is 1. The molecule has 0 aliphatic carbocycles. The van der Waals surface area contributed by atoms with E-state index in [1.807, 2.05) is 61.9 Å². The Kier molecular flexibility index (Phi) is 8.44. The van der Waals surface area contributed by atoms with Gasteiger partial charge in [-0.2, -0.15) is 11.3 Å². The molecule has 1 fully saturated rings. The number of hydrogen-bond acceptors (Lipinski definition) is 7. The first-order valence-electron chi connectivity index (χ1n) is 10.9. The molecule has 1 N–H and O–H groups in total. The van der Waals surface area contributed by atoms with Crippen molar-refractivity contribution >= 4 is 39.8 Å². The van der Waals surface area contributed by atoms with Gasteiger partial charge in [-0.1, -0.05) is 12.1 Å². The summed E-state index contributed by atoms with van der Waals surface area (Å²) in [5.41, 5.74) is 1.67. The predicted molar refractivity (Wildman–Crippen MR) is 132 cm³/mol. The van der Waals surface area contributed by atoms with Crippen molar-refractivity contribution in [2.24, 2.45) is 0 Å². The lowest BCUT2D eigenvalue weighted by Crippen LogP contribution is -2.50. The average Bonchev–Trinajstić information content (AvgIpc) is 3.34. The van der Waals surface area contributed by atoms with E-state index in [1.165, 1.54) is 18.4 Å². The summed E-state index contributed by atoms with van der Waals surface area (Å²) in [5.74, 6) is -0.873. The van der Waals surface area contributed by atoms with E-state index >= 15 is 0 Å². The number of ketones is 1. The molecular weight excluding hydrogens is 460 g/mol. The van der Waals surface area contributed by atoms with Crippen molar-refractivity contribution in [3.8, 4) is 0 Å². The Morgan fingerprint density at radius 1 is 1.12 bits per heavy atom. The first kappa shape index (κ1) is 25.6. The minimum atomic E-state index is -1.47. The minimum absolute atomic E-state index is 0.0302. The molecule has 0 amide bonds. The Hall–Kier alpha value is -2.07. The van der Waals surface area contributed by atoms with Crippen LogP contribution in [0.15, 0.2) is 41.1 Å². The molecule has 3 rings (SSSR count). The first-order chi connectivity index (χ1) is 15.7. The largest absolute Gasteiger partial charge is 0.469 e. The summed E-state index contributed by atoms with van der Waals surface area (Å²) in [6, 6.07) is 9.92. The van der Waals surface area contributed by atoms with Gasteiger partial charge in [0.15, 0.2) is 0 Å². The van der Waals surface area contributed by atoms with Crippen LogP contribution in [0.2, 0.25) is 0 Å². The number of nitrogens with one attached hydrogen (secondary N) is 1. The van der Waals surface area contributed by atoms with Crippen molar-refractivity contribution in [2.45, 2.75) is 43.9 Å². The highest BCUT2D eigenvalue weighted by Gasteiger charge is 2.41. The van der Waals surface area contributed by atoms with Crippen LogP contribution >= 0.6 is 11.3 Å². The molecule has 1 aliphatic heterocycles. The second-order valence-corrected chi connectivity index (χ2v) is 11.8. The number of Topliss-reactive ketones (excluding diaryl/α,β-unsaturated/α-hetero) is 1. The van der Waals surface area contributed by atoms with Gasteiger partial charge in [0.1, 0.15) is 12.2 Å². The predicted octanol–water partition coefficient (Wildman–Crippen LogP) is 3.40. The maximum atomic E-state index is 13.3. The maximum Gasteiger partial charge on any atom is 0.313 e. The van der Waals surface area contributed by atoms with Gasteiger partial charge in [-0.3, -0.25) is 9.59 Å². The van der Waals surface area contributed by atoms with Gasteiger partial charge >= 0.3 is 5.97 Å². The van der Waals surface area contributed by atoms with E-state index in [9.17, 15) is 13.8 Å². The van der Waals surface area contributed by atoms with Crippen LogP contribution in [-0.2, 0) is 35.6 Å². The fourth-order valence-corrected chi connectivity index (χ4v) is 5.37. The van der Waals surface area contributed by atoms with Crippen LogP contribution in [0.3, 0.4) is 0 Å². The maximum absolute atomic E-state index is 13.3. The lowest BCUT2D eigenvalue weighted by atomic mass is 9.80. The van der Waals surface area contributed by atoms with Crippen molar-refractivity contribution in [1.82, 2.24) is 4.72 Å². The Bertz CT molecular complexity index is 964. The summed E-state index contributed by atoms with van der Waals surface area (Å²) in [6.07, 6.45) is -0.365. The molecule has 0 bridgehead atoms. The van der Waals surface area contributed by atoms with E-state index in [1.54, 1.807) is 0 Å². The monoisotopic (exact) mass is 492 g/mol. The molecule has 7 nitrogen and oxygen atoms in total. The zero-order valence-electron chi connectivity index (χ0n) is 19.6. The standard InChI is InChI=1S/C24H32N2O5S2/c1-23(2,3)33(29)25-24(19-9-14-32-17-19,16-21(27)15-22(28)30-4)18-5-7-20(8-6-18)26-10-12-31-13-11-26/h5-9,14,17,25H,10-13,15-16H2,1-4H3/t24-,33-/m0/s1. The molecule has 0 unspecified atom stereocenters. The summed E-state index contributed by atoms with van der Waals surface area (Å²) >= 11 is 1.50. The number of morpholine rings is 1. The molecule has 9 heteroatoms. The van der Waals surface area contributed by atoms with Gasteiger partial charge in [0.2, 0.25) is 0 Å². The molecule has 180 valence electrons. The van der Waals surface area contributed by atoms with E-state index in [-0.39, 0.29) is 18.6 Å². The molecule has 0 radical (unpaired) electrons. The molecule has 1 aromatic heterocycles. The number of ether oxygens (including phenoxy) is 2. The zero-order valence-corrected chi connectivity index (χ0v) is 21.2. The van der Waals surface area contributed by atoms with Crippen LogP contribution < -0.4 is 9.62 Å². The Morgan fingerprint density at radius 3 is 2.33 bits per heavy atom. The van der Waals surface area contributed by atoms with Crippen LogP contribution in [0.4, 0.5) is 5.69 Å². The third kappa shape index (κ3) is 6.29. The third-order valence-corrected chi connectivity index (χ3v) is 7.93. The van der Waals surface area contributed by atoms with Crippen molar-refractivity contribution in [3.05, 3.63) is 52.2 Å². The van der Waals surface area contributed by atoms with Gasteiger partial charge in [0.25, 0.3) is 0 Å². The number of carbonyl (C=O) groups excluding carboxylic acids is 2. The topological polar surface area (TPSA) is 84.9 Å². The number of nitrogens with zero attached hydrogens (tertiary/aromatic N) is 1. The number of esters is 1. The van der Waals surface area contributed by atoms with Gasteiger partial charge in [0.05, 0.1) is 41.6 Å². The molecule has 1 aromatic carbocycles. The molecule has 33 heavy (non-hydrogen) atoms. The van der Waals surface area contributed by atoms with E-state index in [0.717, 1.165) is 29.9 Å². The number of benzene rings is 1. The number of rotatable bonds is 9. The van der Waals surface area contributed by atoms with Gasteiger partial charge < -0.3 is 14.4 Å². The minimum Gasteiger partial charge on any atom is -0.469 e. The molecule has 1 aliphatic rings. The Labute approximate surface area is 202 Å². The zero-order chi connectivity index (χ0) is 24.1. The summed E-state index contributed by atoms with van der Waals surface area (Å²) in [4.78, 5) is 27.0. The summed E-state index contributed by atoms with van der Waals surface area (Å²) in [6.45, 7) is 8.66. The average molecular weight is 493 g/mol. The molecule has 2 heterocycles. The summed E-state index contributed by atoms with van der Waals surface area (Å²) in [5, 5.41) is 3.88. The van der Waals surface area contributed by atoms with Crippen LogP contribution in [-0.4, -0.2) is 54.1 Å². The van der Waals surface area contributed by atoms with E-state index in [2.05, 4.69) is 9.62 Å². The lowest BCUT2D eigenvalue weighted by Gasteiger charge is -2.37. The molecule has 2 atom stereocenters. The fraction of sp³-hybridized carbons (Fsp3) is 0.500. The number of methoxy groups -OCH3 is 1. The quantitative estimate of drug-likeness (QED) is 0.427. The normalized spacial score (nSPS) is 17.3. The molecule has 1 saturated heterocycles. The third-order valence-electron chi connectivity index (χ3n) is 5.60. The second-order valence-electron chi connectivity index (χ2n) is 9.02. The highest BCUT2D eigenvalue weighted by atomic mass is 32.2.